The highest BCUT2D eigenvalue weighted by Crippen LogP contribution is 2.34. The molecular formula is C15H23Br2NO2. The molecule has 0 radical (unpaired) electrons. The third-order valence-corrected chi connectivity index (χ3v) is 3.68. The SMILES string of the molecule is CCNCc1cc(Br)c(OCCOC(C)(C)C)c(Br)c1. The minimum absolute atomic E-state index is 0.131. The summed E-state index contributed by atoms with van der Waals surface area (Å²) in [6.07, 6.45) is 0. The number of halogens is 2. The fraction of sp³-hybridized carbons (Fsp3) is 0.600. The summed E-state index contributed by atoms with van der Waals surface area (Å²) in [5.41, 5.74) is 1.08. The van der Waals surface area contributed by atoms with E-state index >= 15 is 0 Å². The number of hydrogen-bond acceptors (Lipinski definition) is 3. The maximum atomic E-state index is 5.78. The molecule has 114 valence electrons. The third-order valence-electron chi connectivity index (χ3n) is 2.50. The maximum absolute atomic E-state index is 5.78. The van der Waals surface area contributed by atoms with Crippen LogP contribution in [0.5, 0.6) is 5.75 Å². The second-order valence-electron chi connectivity index (χ2n) is 5.48. The summed E-state index contributed by atoms with van der Waals surface area (Å²) in [5, 5.41) is 3.30. The van der Waals surface area contributed by atoms with E-state index in [1.165, 1.54) is 5.56 Å². The lowest BCUT2D eigenvalue weighted by Gasteiger charge is -2.20. The summed E-state index contributed by atoms with van der Waals surface area (Å²) in [7, 11) is 0. The molecular weight excluding hydrogens is 386 g/mol. The highest BCUT2D eigenvalue weighted by Gasteiger charge is 2.12. The standard InChI is InChI=1S/C15H23Br2NO2/c1-5-18-10-11-8-12(16)14(13(17)9-11)19-6-7-20-15(2,3)4/h8-9,18H,5-7,10H2,1-4H3. The lowest BCUT2D eigenvalue weighted by atomic mass is 10.2. The van der Waals surface area contributed by atoms with Crippen LogP contribution in [0.25, 0.3) is 0 Å². The predicted octanol–water partition coefficient (Wildman–Crippen LogP) is 4.52. The second kappa shape index (κ2) is 8.37. The molecule has 0 aliphatic rings. The molecule has 0 heterocycles. The third kappa shape index (κ3) is 6.57. The Kier molecular flexibility index (Phi) is 7.51. The van der Waals surface area contributed by atoms with E-state index in [2.05, 4.69) is 56.2 Å². The quantitative estimate of drug-likeness (QED) is 0.673. The van der Waals surface area contributed by atoms with Gasteiger partial charge in [0.25, 0.3) is 0 Å². The summed E-state index contributed by atoms with van der Waals surface area (Å²) in [6.45, 7) is 11.1. The minimum atomic E-state index is -0.131. The molecule has 0 aromatic heterocycles. The highest BCUT2D eigenvalue weighted by molar-refractivity contribution is 9.11. The van der Waals surface area contributed by atoms with Crippen molar-refractivity contribution in [2.45, 2.75) is 39.8 Å². The molecule has 1 aromatic carbocycles. The molecule has 3 nitrogen and oxygen atoms in total. The summed E-state index contributed by atoms with van der Waals surface area (Å²) in [4.78, 5) is 0. The van der Waals surface area contributed by atoms with Crippen molar-refractivity contribution < 1.29 is 9.47 Å². The molecule has 0 fully saturated rings. The van der Waals surface area contributed by atoms with E-state index in [1.54, 1.807) is 0 Å². The zero-order valence-electron chi connectivity index (χ0n) is 12.6. The Morgan fingerprint density at radius 1 is 1.10 bits per heavy atom. The molecule has 0 atom stereocenters. The van der Waals surface area contributed by atoms with Crippen molar-refractivity contribution in [1.82, 2.24) is 5.32 Å². The molecule has 0 amide bonds. The van der Waals surface area contributed by atoms with Gasteiger partial charge in [-0.05, 0) is 76.9 Å². The molecule has 0 bridgehead atoms. The molecule has 0 saturated carbocycles. The van der Waals surface area contributed by atoms with Crippen LogP contribution in [0, 0.1) is 0 Å². The van der Waals surface area contributed by atoms with Crippen LogP contribution in [0.4, 0.5) is 0 Å². The van der Waals surface area contributed by atoms with E-state index in [-0.39, 0.29) is 5.60 Å². The van der Waals surface area contributed by atoms with Gasteiger partial charge in [-0.25, -0.2) is 0 Å². The Morgan fingerprint density at radius 3 is 2.20 bits per heavy atom. The molecule has 1 N–H and O–H groups in total. The Balaban J connectivity index is 2.58. The van der Waals surface area contributed by atoms with Crippen molar-refractivity contribution >= 4 is 31.9 Å². The van der Waals surface area contributed by atoms with Gasteiger partial charge in [0, 0.05) is 6.54 Å². The van der Waals surface area contributed by atoms with Crippen molar-refractivity contribution in [3.8, 4) is 5.75 Å². The maximum Gasteiger partial charge on any atom is 0.147 e. The molecule has 0 saturated heterocycles. The molecule has 0 aliphatic heterocycles. The topological polar surface area (TPSA) is 30.5 Å². The Hall–Kier alpha value is -0.100. The Bertz CT molecular complexity index is 407. The molecule has 20 heavy (non-hydrogen) atoms. The van der Waals surface area contributed by atoms with Gasteiger partial charge in [-0.15, -0.1) is 0 Å². The number of hydrogen-bond donors (Lipinski definition) is 1. The van der Waals surface area contributed by atoms with Crippen LogP contribution >= 0.6 is 31.9 Å². The van der Waals surface area contributed by atoms with Crippen LogP contribution in [-0.4, -0.2) is 25.4 Å². The van der Waals surface area contributed by atoms with Gasteiger partial charge < -0.3 is 14.8 Å². The zero-order chi connectivity index (χ0) is 15.2. The van der Waals surface area contributed by atoms with Gasteiger partial charge >= 0.3 is 0 Å². The average Bonchev–Trinajstić information content (AvgIpc) is 2.33. The van der Waals surface area contributed by atoms with Crippen molar-refractivity contribution in [2.75, 3.05) is 19.8 Å². The summed E-state index contributed by atoms with van der Waals surface area (Å²) in [5.74, 6) is 0.822. The van der Waals surface area contributed by atoms with E-state index in [4.69, 9.17) is 9.47 Å². The molecule has 0 aliphatic carbocycles. The fourth-order valence-electron chi connectivity index (χ4n) is 1.61. The van der Waals surface area contributed by atoms with Crippen molar-refractivity contribution in [2.24, 2.45) is 0 Å². The van der Waals surface area contributed by atoms with Crippen LogP contribution in [0.15, 0.2) is 21.1 Å². The molecule has 0 unspecified atom stereocenters. The van der Waals surface area contributed by atoms with Gasteiger partial charge in [-0.3, -0.25) is 0 Å². The number of rotatable bonds is 7. The fourth-order valence-corrected chi connectivity index (χ4v) is 3.12. The van der Waals surface area contributed by atoms with Gasteiger partial charge in [0.2, 0.25) is 0 Å². The predicted molar refractivity (Wildman–Crippen MR) is 90.4 cm³/mol. The Morgan fingerprint density at radius 2 is 1.70 bits per heavy atom. The zero-order valence-corrected chi connectivity index (χ0v) is 15.7. The Labute approximate surface area is 138 Å². The summed E-state index contributed by atoms with van der Waals surface area (Å²) >= 11 is 7.12. The van der Waals surface area contributed by atoms with Crippen molar-refractivity contribution in [1.29, 1.82) is 0 Å². The summed E-state index contributed by atoms with van der Waals surface area (Å²) < 4.78 is 13.3. The van der Waals surface area contributed by atoms with Gasteiger partial charge in [-0.2, -0.15) is 0 Å². The number of ether oxygens (including phenoxy) is 2. The van der Waals surface area contributed by atoms with Gasteiger partial charge in [-0.1, -0.05) is 6.92 Å². The average molecular weight is 409 g/mol. The first-order chi connectivity index (χ1) is 9.33. The van der Waals surface area contributed by atoms with Gasteiger partial charge in [0.05, 0.1) is 21.2 Å². The van der Waals surface area contributed by atoms with Crippen LogP contribution in [0.3, 0.4) is 0 Å². The second-order valence-corrected chi connectivity index (χ2v) is 7.19. The van der Waals surface area contributed by atoms with E-state index in [1.807, 2.05) is 20.8 Å². The normalized spacial score (nSPS) is 11.7. The molecule has 1 rings (SSSR count). The lowest BCUT2D eigenvalue weighted by Crippen LogP contribution is -2.22. The number of benzene rings is 1. The molecule has 5 heteroatoms. The first kappa shape index (κ1) is 18.0. The molecule has 0 spiro atoms. The number of nitrogens with one attached hydrogen (secondary N) is 1. The van der Waals surface area contributed by atoms with E-state index < -0.39 is 0 Å². The summed E-state index contributed by atoms with van der Waals surface area (Å²) in [6, 6.07) is 4.15. The monoisotopic (exact) mass is 407 g/mol. The van der Waals surface area contributed by atoms with Crippen LogP contribution in [0.1, 0.15) is 33.3 Å². The van der Waals surface area contributed by atoms with Crippen LogP contribution in [-0.2, 0) is 11.3 Å². The largest absolute Gasteiger partial charge is 0.489 e. The highest BCUT2D eigenvalue weighted by atomic mass is 79.9. The lowest BCUT2D eigenvalue weighted by molar-refractivity contribution is -0.0164. The van der Waals surface area contributed by atoms with Crippen LogP contribution in [0.2, 0.25) is 0 Å². The van der Waals surface area contributed by atoms with Crippen LogP contribution < -0.4 is 10.1 Å². The van der Waals surface area contributed by atoms with Crippen molar-refractivity contribution in [3.05, 3.63) is 26.6 Å². The van der Waals surface area contributed by atoms with E-state index in [9.17, 15) is 0 Å². The van der Waals surface area contributed by atoms with E-state index in [0.717, 1.165) is 27.8 Å². The van der Waals surface area contributed by atoms with Gasteiger partial charge in [0.1, 0.15) is 12.4 Å². The van der Waals surface area contributed by atoms with E-state index in [0.29, 0.717) is 13.2 Å². The van der Waals surface area contributed by atoms with Gasteiger partial charge in [0.15, 0.2) is 0 Å². The smallest absolute Gasteiger partial charge is 0.147 e. The first-order valence-electron chi connectivity index (χ1n) is 6.79. The first-order valence-corrected chi connectivity index (χ1v) is 8.37. The molecule has 1 aromatic rings. The van der Waals surface area contributed by atoms with Crippen molar-refractivity contribution in [3.63, 3.8) is 0 Å². The minimum Gasteiger partial charge on any atom is -0.489 e.